The minimum atomic E-state index is 0.237. The maximum absolute atomic E-state index is 6.60. The van der Waals surface area contributed by atoms with Crippen molar-refractivity contribution in [2.24, 2.45) is 11.8 Å². The van der Waals surface area contributed by atoms with E-state index in [2.05, 4.69) is 35.8 Å². The van der Waals surface area contributed by atoms with Crippen LogP contribution in [0.25, 0.3) is 0 Å². The van der Waals surface area contributed by atoms with E-state index in [4.69, 9.17) is 34.8 Å². The van der Waals surface area contributed by atoms with E-state index in [0.717, 1.165) is 42.2 Å². The van der Waals surface area contributed by atoms with Crippen LogP contribution in [0.1, 0.15) is 44.7 Å². The Labute approximate surface area is 189 Å². The van der Waals surface area contributed by atoms with Gasteiger partial charge in [-0.25, -0.2) is 0 Å². The van der Waals surface area contributed by atoms with Gasteiger partial charge in [0.25, 0.3) is 0 Å². The fraction of sp³-hybridized carbons (Fsp3) is 0.500. The van der Waals surface area contributed by atoms with E-state index in [1.165, 1.54) is 24.8 Å². The Morgan fingerprint density at radius 3 is 2.31 bits per heavy atom. The molecule has 0 radical (unpaired) electrons. The highest BCUT2D eigenvalue weighted by atomic mass is 35.5. The third-order valence-corrected chi connectivity index (χ3v) is 7.67. The Bertz CT molecular complexity index is 839. The minimum Gasteiger partial charge on any atom is -0.361 e. The van der Waals surface area contributed by atoms with Crippen molar-refractivity contribution in [3.05, 3.63) is 63.1 Å². The number of hydrogen-bond donors (Lipinski definition) is 0. The van der Waals surface area contributed by atoms with Gasteiger partial charge in [-0.15, -0.1) is 0 Å². The first kappa shape index (κ1) is 21.3. The van der Waals surface area contributed by atoms with Gasteiger partial charge in [0.15, 0.2) is 0 Å². The molecule has 4 unspecified atom stereocenters. The molecule has 1 saturated carbocycles. The summed E-state index contributed by atoms with van der Waals surface area (Å²) in [5.74, 6) is 1.67. The zero-order chi connectivity index (χ0) is 20.5. The lowest BCUT2D eigenvalue weighted by Crippen LogP contribution is -2.53. The lowest BCUT2D eigenvalue weighted by Gasteiger charge is -2.46. The Kier molecular flexibility index (Phi) is 6.65. The molecule has 1 aliphatic carbocycles. The van der Waals surface area contributed by atoms with Gasteiger partial charge in [-0.05, 0) is 67.5 Å². The van der Waals surface area contributed by atoms with E-state index in [1.807, 2.05) is 30.3 Å². The molecule has 29 heavy (non-hydrogen) atoms. The number of hydrogen-bond acceptors (Lipinski definition) is 2. The molecule has 5 heteroatoms. The predicted molar refractivity (Wildman–Crippen MR) is 126 cm³/mol. The monoisotopic (exact) mass is 450 g/mol. The van der Waals surface area contributed by atoms with Crippen molar-refractivity contribution < 1.29 is 0 Å². The van der Waals surface area contributed by atoms with Crippen molar-refractivity contribution in [1.29, 1.82) is 0 Å². The Morgan fingerprint density at radius 1 is 0.931 bits per heavy atom. The summed E-state index contributed by atoms with van der Waals surface area (Å²) in [4.78, 5) is 5.12. The molecule has 4 rings (SSSR count). The summed E-state index contributed by atoms with van der Waals surface area (Å²) >= 11 is 18.9. The summed E-state index contributed by atoms with van der Waals surface area (Å²) in [6.07, 6.45) is 4.09. The second kappa shape index (κ2) is 9.06. The molecule has 2 nitrogen and oxygen atoms in total. The second-order valence-corrected chi connectivity index (χ2v) is 10.1. The summed E-state index contributed by atoms with van der Waals surface area (Å²) < 4.78 is 0. The quantitative estimate of drug-likeness (QED) is 0.480. The number of nitrogens with zero attached hydrogens (tertiary/aromatic N) is 2. The minimum absolute atomic E-state index is 0.237. The zero-order valence-corrected chi connectivity index (χ0v) is 19.4. The molecular weight excluding hydrogens is 423 g/mol. The molecular formula is C24H29Cl3N2. The third-order valence-electron chi connectivity index (χ3n) is 6.88. The van der Waals surface area contributed by atoms with Gasteiger partial charge >= 0.3 is 0 Å². The standard InChI is InChI=1S/C24H29Cl3N2/c1-16-3-4-19(13-16)17(2)28-11-12-29(23-10-9-21(26)14-22(23)27)24(15-28)18-5-7-20(25)8-6-18/h5-10,14,16-17,19,24H,3-4,11-13,15H2,1-2H3. The largest absolute Gasteiger partial charge is 0.361 e. The Hall–Kier alpha value is -0.930. The third kappa shape index (κ3) is 4.71. The number of benzene rings is 2. The first-order chi connectivity index (χ1) is 13.9. The van der Waals surface area contributed by atoms with Crippen LogP contribution in [0.2, 0.25) is 15.1 Å². The molecule has 4 atom stereocenters. The van der Waals surface area contributed by atoms with Gasteiger partial charge in [-0.2, -0.15) is 0 Å². The van der Waals surface area contributed by atoms with E-state index < -0.39 is 0 Å². The molecule has 0 bridgehead atoms. The van der Waals surface area contributed by atoms with Gasteiger partial charge in [0.2, 0.25) is 0 Å². The van der Waals surface area contributed by atoms with Crippen LogP contribution >= 0.6 is 34.8 Å². The van der Waals surface area contributed by atoms with Gasteiger partial charge in [-0.1, -0.05) is 60.3 Å². The van der Waals surface area contributed by atoms with Crippen molar-refractivity contribution in [3.63, 3.8) is 0 Å². The van der Waals surface area contributed by atoms with Crippen molar-refractivity contribution >= 4 is 40.5 Å². The van der Waals surface area contributed by atoms with Crippen LogP contribution in [0, 0.1) is 11.8 Å². The van der Waals surface area contributed by atoms with Crippen LogP contribution in [0.3, 0.4) is 0 Å². The molecule has 1 aliphatic heterocycles. The average molecular weight is 452 g/mol. The molecule has 156 valence electrons. The number of piperazine rings is 1. The predicted octanol–water partition coefficient (Wildman–Crippen LogP) is 7.33. The molecule has 0 N–H and O–H groups in total. The van der Waals surface area contributed by atoms with Crippen molar-refractivity contribution in [3.8, 4) is 0 Å². The topological polar surface area (TPSA) is 6.48 Å². The summed E-state index contributed by atoms with van der Waals surface area (Å²) in [6, 6.07) is 14.9. The van der Waals surface area contributed by atoms with E-state index in [0.29, 0.717) is 16.1 Å². The molecule has 1 heterocycles. The van der Waals surface area contributed by atoms with E-state index in [1.54, 1.807) is 0 Å². The smallest absolute Gasteiger partial charge is 0.0670 e. The van der Waals surface area contributed by atoms with E-state index >= 15 is 0 Å². The van der Waals surface area contributed by atoms with Crippen molar-refractivity contribution in [1.82, 2.24) is 4.90 Å². The zero-order valence-electron chi connectivity index (χ0n) is 17.1. The summed E-state index contributed by atoms with van der Waals surface area (Å²) in [5.41, 5.74) is 2.33. The first-order valence-corrected chi connectivity index (χ1v) is 11.8. The molecule has 0 amide bonds. The summed E-state index contributed by atoms with van der Waals surface area (Å²) in [5, 5.41) is 2.15. The van der Waals surface area contributed by atoms with Crippen LogP contribution in [-0.2, 0) is 0 Å². The fourth-order valence-corrected chi connectivity index (χ4v) is 5.78. The first-order valence-electron chi connectivity index (χ1n) is 10.6. The Morgan fingerprint density at radius 2 is 1.66 bits per heavy atom. The van der Waals surface area contributed by atoms with Crippen LogP contribution < -0.4 is 4.90 Å². The van der Waals surface area contributed by atoms with Crippen LogP contribution in [-0.4, -0.2) is 30.6 Å². The summed E-state index contributed by atoms with van der Waals surface area (Å²) in [7, 11) is 0. The number of rotatable bonds is 4. The lowest BCUT2D eigenvalue weighted by atomic mass is 9.94. The molecule has 2 aliphatic rings. The normalized spacial score (nSPS) is 26.7. The number of anilines is 1. The highest BCUT2D eigenvalue weighted by molar-refractivity contribution is 6.36. The fourth-order valence-electron chi connectivity index (χ4n) is 5.13. The molecule has 2 fully saturated rings. The SMILES string of the molecule is CC1CCC(C(C)N2CCN(c3ccc(Cl)cc3Cl)C(c3ccc(Cl)cc3)C2)C1. The Balaban J connectivity index is 1.61. The summed E-state index contributed by atoms with van der Waals surface area (Å²) in [6.45, 7) is 7.80. The average Bonchev–Trinajstić information content (AvgIpc) is 3.14. The maximum atomic E-state index is 6.60. The number of halogens is 3. The molecule has 2 aromatic rings. The second-order valence-electron chi connectivity index (χ2n) is 8.77. The molecule has 0 aromatic heterocycles. The van der Waals surface area contributed by atoms with Gasteiger partial charge in [-0.3, -0.25) is 4.90 Å². The van der Waals surface area contributed by atoms with Gasteiger partial charge in [0.1, 0.15) is 0 Å². The van der Waals surface area contributed by atoms with Gasteiger partial charge in [0, 0.05) is 35.7 Å². The molecule has 2 aromatic carbocycles. The van der Waals surface area contributed by atoms with Crippen LogP contribution in [0.5, 0.6) is 0 Å². The lowest BCUT2D eigenvalue weighted by molar-refractivity contribution is 0.126. The highest BCUT2D eigenvalue weighted by Gasteiger charge is 2.35. The van der Waals surface area contributed by atoms with E-state index in [-0.39, 0.29) is 6.04 Å². The van der Waals surface area contributed by atoms with Crippen molar-refractivity contribution in [2.75, 3.05) is 24.5 Å². The molecule has 0 spiro atoms. The highest BCUT2D eigenvalue weighted by Crippen LogP contribution is 2.39. The molecule has 1 saturated heterocycles. The van der Waals surface area contributed by atoms with E-state index in [9.17, 15) is 0 Å². The van der Waals surface area contributed by atoms with Gasteiger partial charge < -0.3 is 4.90 Å². The van der Waals surface area contributed by atoms with Crippen LogP contribution in [0.4, 0.5) is 5.69 Å². The van der Waals surface area contributed by atoms with Crippen LogP contribution in [0.15, 0.2) is 42.5 Å². The van der Waals surface area contributed by atoms with Gasteiger partial charge in [0.05, 0.1) is 16.8 Å². The maximum Gasteiger partial charge on any atom is 0.0670 e. The van der Waals surface area contributed by atoms with Crippen molar-refractivity contribution in [2.45, 2.75) is 45.2 Å².